The van der Waals surface area contributed by atoms with Gasteiger partial charge in [0.2, 0.25) is 0 Å². The summed E-state index contributed by atoms with van der Waals surface area (Å²) in [6, 6.07) is 8.27. The Hall–Kier alpha value is -1.02. The molecule has 0 heterocycles. The Kier molecular flexibility index (Phi) is 3.17. The first kappa shape index (κ1) is 11.1. The summed E-state index contributed by atoms with van der Waals surface area (Å²) in [6.45, 7) is 4.07. The fraction of sp³-hybridized carbons (Fsp3) is 0.500. The lowest BCUT2D eigenvalue weighted by Crippen LogP contribution is -2.34. The molecule has 0 spiro atoms. The maximum atomic E-state index is 5.57. The fourth-order valence-corrected chi connectivity index (χ4v) is 1.24. The Morgan fingerprint density at radius 2 is 1.50 bits per heavy atom. The lowest BCUT2D eigenvalue weighted by molar-refractivity contribution is 0.242. The molecule has 0 unspecified atom stereocenters. The standard InChI is InChI=1S/C12H20NO/c1-10(2)14-12-8-6-11(7-9-12)13(3,4)5/h6-10H,1-5H3/q+1. The van der Waals surface area contributed by atoms with Crippen LogP contribution >= 0.6 is 0 Å². The van der Waals surface area contributed by atoms with Crippen molar-refractivity contribution >= 4 is 5.69 Å². The second-order valence-electron chi connectivity index (χ2n) is 4.67. The highest BCUT2D eigenvalue weighted by Gasteiger charge is 2.11. The maximum Gasteiger partial charge on any atom is 0.132 e. The second-order valence-corrected chi connectivity index (χ2v) is 4.67. The van der Waals surface area contributed by atoms with E-state index in [2.05, 4.69) is 33.3 Å². The molecule has 14 heavy (non-hydrogen) atoms. The lowest BCUT2D eigenvalue weighted by atomic mass is 10.2. The molecular formula is C12H20NO+. The van der Waals surface area contributed by atoms with E-state index in [1.807, 2.05) is 26.0 Å². The van der Waals surface area contributed by atoms with Crippen LogP contribution in [-0.2, 0) is 0 Å². The van der Waals surface area contributed by atoms with Crippen molar-refractivity contribution in [2.24, 2.45) is 0 Å². The normalized spacial score (nSPS) is 11.9. The summed E-state index contributed by atoms with van der Waals surface area (Å²) in [6.07, 6.45) is 0.241. The van der Waals surface area contributed by atoms with Gasteiger partial charge in [-0.1, -0.05) is 0 Å². The quantitative estimate of drug-likeness (QED) is 0.672. The Morgan fingerprint density at radius 3 is 1.86 bits per heavy atom. The molecule has 2 nitrogen and oxygen atoms in total. The second kappa shape index (κ2) is 4.01. The van der Waals surface area contributed by atoms with E-state index < -0.39 is 0 Å². The van der Waals surface area contributed by atoms with Crippen LogP contribution in [0.15, 0.2) is 24.3 Å². The number of rotatable bonds is 3. The third kappa shape index (κ3) is 3.04. The van der Waals surface area contributed by atoms with Crippen LogP contribution in [0.1, 0.15) is 13.8 Å². The van der Waals surface area contributed by atoms with Gasteiger partial charge in [0.25, 0.3) is 0 Å². The van der Waals surface area contributed by atoms with Crippen LogP contribution in [0.25, 0.3) is 0 Å². The molecule has 0 saturated heterocycles. The van der Waals surface area contributed by atoms with Crippen LogP contribution in [0, 0.1) is 0 Å². The number of benzene rings is 1. The summed E-state index contributed by atoms with van der Waals surface area (Å²) in [7, 11) is 6.45. The van der Waals surface area contributed by atoms with E-state index in [-0.39, 0.29) is 6.10 Å². The van der Waals surface area contributed by atoms with E-state index in [4.69, 9.17) is 4.74 Å². The molecule has 0 saturated carbocycles. The topological polar surface area (TPSA) is 9.23 Å². The van der Waals surface area contributed by atoms with Gasteiger partial charge in [-0.3, -0.25) is 4.48 Å². The van der Waals surface area contributed by atoms with E-state index >= 15 is 0 Å². The van der Waals surface area contributed by atoms with E-state index in [0.717, 1.165) is 10.2 Å². The van der Waals surface area contributed by atoms with Gasteiger partial charge in [0.05, 0.1) is 27.2 Å². The molecule has 1 aromatic rings. The van der Waals surface area contributed by atoms with Gasteiger partial charge in [-0.2, -0.15) is 0 Å². The summed E-state index contributed by atoms with van der Waals surface area (Å²) in [5.41, 5.74) is 1.28. The number of ether oxygens (including phenoxy) is 1. The zero-order valence-corrected chi connectivity index (χ0v) is 9.74. The summed E-state index contributed by atoms with van der Waals surface area (Å²) >= 11 is 0. The molecule has 78 valence electrons. The van der Waals surface area contributed by atoms with Gasteiger partial charge in [-0.05, 0) is 26.0 Å². The molecule has 0 aliphatic heterocycles. The number of nitrogens with zero attached hydrogens (tertiary/aromatic N) is 1. The highest BCUT2D eigenvalue weighted by atomic mass is 16.5. The molecule has 0 aliphatic rings. The number of hydrogen-bond donors (Lipinski definition) is 0. The predicted molar refractivity (Wildman–Crippen MR) is 61.8 cm³/mol. The van der Waals surface area contributed by atoms with Crippen molar-refractivity contribution in [3.63, 3.8) is 0 Å². The smallest absolute Gasteiger partial charge is 0.132 e. The average Bonchev–Trinajstić information content (AvgIpc) is 2.02. The minimum atomic E-state index is 0.241. The summed E-state index contributed by atoms with van der Waals surface area (Å²) in [4.78, 5) is 0. The molecule has 0 aliphatic carbocycles. The summed E-state index contributed by atoms with van der Waals surface area (Å²) in [5.74, 6) is 0.942. The Labute approximate surface area is 86.7 Å². The summed E-state index contributed by atoms with van der Waals surface area (Å²) in [5, 5.41) is 0. The molecule has 0 aromatic heterocycles. The first-order valence-electron chi connectivity index (χ1n) is 4.98. The number of hydrogen-bond acceptors (Lipinski definition) is 1. The zero-order chi connectivity index (χ0) is 10.8. The van der Waals surface area contributed by atoms with Crippen molar-refractivity contribution in [2.45, 2.75) is 20.0 Å². The van der Waals surface area contributed by atoms with E-state index in [9.17, 15) is 0 Å². The molecule has 0 bridgehead atoms. The minimum absolute atomic E-state index is 0.241. The molecule has 1 rings (SSSR count). The van der Waals surface area contributed by atoms with Crippen LogP contribution in [0.2, 0.25) is 0 Å². The van der Waals surface area contributed by atoms with Crippen molar-refractivity contribution in [1.29, 1.82) is 0 Å². The van der Waals surface area contributed by atoms with Gasteiger partial charge < -0.3 is 4.74 Å². The van der Waals surface area contributed by atoms with Gasteiger partial charge in [0, 0.05) is 12.1 Å². The first-order chi connectivity index (χ1) is 6.39. The van der Waals surface area contributed by atoms with Crippen LogP contribution in [0.3, 0.4) is 0 Å². The maximum absolute atomic E-state index is 5.57. The lowest BCUT2D eigenvalue weighted by Gasteiger charge is -2.23. The third-order valence-electron chi connectivity index (χ3n) is 1.98. The Bertz CT molecular complexity index is 282. The van der Waals surface area contributed by atoms with Gasteiger partial charge in [-0.25, -0.2) is 0 Å². The van der Waals surface area contributed by atoms with Crippen LogP contribution in [-0.4, -0.2) is 27.2 Å². The largest absolute Gasteiger partial charge is 0.491 e. The molecule has 2 heteroatoms. The molecule has 0 amide bonds. The highest BCUT2D eigenvalue weighted by molar-refractivity contribution is 5.44. The SMILES string of the molecule is CC(C)Oc1ccc([N+](C)(C)C)cc1. The van der Waals surface area contributed by atoms with Crippen molar-refractivity contribution in [1.82, 2.24) is 4.48 Å². The van der Waals surface area contributed by atoms with E-state index in [0.29, 0.717) is 0 Å². The van der Waals surface area contributed by atoms with Crippen molar-refractivity contribution in [3.05, 3.63) is 24.3 Å². The van der Waals surface area contributed by atoms with Gasteiger partial charge in [0.1, 0.15) is 11.4 Å². The molecule has 0 N–H and O–H groups in total. The molecule has 0 radical (unpaired) electrons. The average molecular weight is 194 g/mol. The monoisotopic (exact) mass is 194 g/mol. The van der Waals surface area contributed by atoms with Crippen molar-refractivity contribution in [2.75, 3.05) is 21.1 Å². The Balaban J connectivity index is 2.79. The molecule has 1 aromatic carbocycles. The van der Waals surface area contributed by atoms with Crippen molar-refractivity contribution in [3.8, 4) is 5.75 Å². The molecule has 0 atom stereocenters. The van der Waals surface area contributed by atoms with Gasteiger partial charge in [-0.15, -0.1) is 0 Å². The molecular weight excluding hydrogens is 174 g/mol. The first-order valence-corrected chi connectivity index (χ1v) is 4.98. The zero-order valence-electron chi connectivity index (χ0n) is 9.74. The van der Waals surface area contributed by atoms with Crippen LogP contribution in [0.4, 0.5) is 5.69 Å². The summed E-state index contributed by atoms with van der Waals surface area (Å²) < 4.78 is 6.41. The fourth-order valence-electron chi connectivity index (χ4n) is 1.24. The predicted octanol–water partition coefficient (Wildman–Crippen LogP) is 2.67. The number of quaternary nitrogens is 1. The molecule has 0 fully saturated rings. The third-order valence-corrected chi connectivity index (χ3v) is 1.98. The van der Waals surface area contributed by atoms with Gasteiger partial charge >= 0.3 is 0 Å². The Morgan fingerprint density at radius 1 is 1.00 bits per heavy atom. The van der Waals surface area contributed by atoms with E-state index in [1.165, 1.54) is 5.69 Å². The van der Waals surface area contributed by atoms with Gasteiger partial charge in [0.15, 0.2) is 0 Å². The van der Waals surface area contributed by atoms with Crippen LogP contribution < -0.4 is 9.22 Å². The minimum Gasteiger partial charge on any atom is -0.491 e. The van der Waals surface area contributed by atoms with Crippen LogP contribution in [0.5, 0.6) is 5.75 Å². The van der Waals surface area contributed by atoms with Crippen molar-refractivity contribution < 1.29 is 4.74 Å². The van der Waals surface area contributed by atoms with E-state index in [1.54, 1.807) is 0 Å². The highest BCUT2D eigenvalue weighted by Crippen LogP contribution is 2.21.